The van der Waals surface area contributed by atoms with Gasteiger partial charge in [-0.25, -0.2) is 4.98 Å². The SMILES string of the molecule is CCC(CC)(CNCc1cnc(C2CCC2)s1)C(=O)O. The van der Waals surface area contributed by atoms with Crippen LogP contribution in [0.1, 0.15) is 61.8 Å². The molecule has 1 fully saturated rings. The number of aliphatic carboxylic acids is 1. The smallest absolute Gasteiger partial charge is 0.310 e. The molecule has 1 aromatic heterocycles. The summed E-state index contributed by atoms with van der Waals surface area (Å²) in [5.74, 6) is -0.0207. The Morgan fingerprint density at radius 1 is 1.50 bits per heavy atom. The van der Waals surface area contributed by atoms with Gasteiger partial charge < -0.3 is 10.4 Å². The van der Waals surface area contributed by atoms with Crippen molar-refractivity contribution < 1.29 is 9.90 Å². The number of nitrogens with one attached hydrogen (secondary N) is 1. The Morgan fingerprint density at radius 2 is 2.20 bits per heavy atom. The second kappa shape index (κ2) is 6.68. The van der Waals surface area contributed by atoms with Gasteiger partial charge in [0.1, 0.15) is 0 Å². The topological polar surface area (TPSA) is 62.2 Å². The third kappa shape index (κ3) is 3.20. The molecule has 112 valence electrons. The number of carboxylic acids is 1. The molecule has 0 aromatic carbocycles. The molecule has 2 N–H and O–H groups in total. The van der Waals surface area contributed by atoms with Crippen LogP contribution < -0.4 is 5.32 Å². The van der Waals surface area contributed by atoms with Crippen molar-refractivity contribution in [3.8, 4) is 0 Å². The zero-order valence-corrected chi connectivity index (χ0v) is 13.1. The first-order valence-corrected chi connectivity index (χ1v) is 8.31. The average molecular weight is 296 g/mol. The van der Waals surface area contributed by atoms with Crippen LogP contribution in [0.2, 0.25) is 0 Å². The van der Waals surface area contributed by atoms with Gasteiger partial charge in [-0.05, 0) is 25.7 Å². The summed E-state index contributed by atoms with van der Waals surface area (Å²) in [5, 5.41) is 13.9. The van der Waals surface area contributed by atoms with Crippen molar-refractivity contribution in [1.29, 1.82) is 0 Å². The monoisotopic (exact) mass is 296 g/mol. The number of hydrogen-bond donors (Lipinski definition) is 2. The molecule has 0 spiro atoms. The highest BCUT2D eigenvalue weighted by Gasteiger charge is 2.34. The van der Waals surface area contributed by atoms with Crippen molar-refractivity contribution in [2.75, 3.05) is 6.54 Å². The van der Waals surface area contributed by atoms with E-state index in [9.17, 15) is 9.90 Å². The van der Waals surface area contributed by atoms with E-state index in [1.807, 2.05) is 20.0 Å². The minimum absolute atomic E-state index is 0.520. The highest BCUT2D eigenvalue weighted by molar-refractivity contribution is 7.11. The Kier molecular flexibility index (Phi) is 5.16. The van der Waals surface area contributed by atoms with Crippen molar-refractivity contribution in [2.24, 2.45) is 5.41 Å². The normalized spacial score (nSPS) is 16.1. The van der Waals surface area contributed by atoms with Crippen LogP contribution in [0, 0.1) is 5.41 Å². The van der Waals surface area contributed by atoms with E-state index >= 15 is 0 Å². The summed E-state index contributed by atoms with van der Waals surface area (Å²) in [6.45, 7) is 5.13. The summed E-state index contributed by atoms with van der Waals surface area (Å²) in [5.41, 5.74) is -0.637. The van der Waals surface area contributed by atoms with Gasteiger partial charge >= 0.3 is 5.97 Å². The molecule has 0 radical (unpaired) electrons. The minimum Gasteiger partial charge on any atom is -0.481 e. The van der Waals surface area contributed by atoms with E-state index in [0.29, 0.717) is 25.3 Å². The predicted octanol–water partition coefficient (Wildman–Crippen LogP) is 3.39. The van der Waals surface area contributed by atoms with Gasteiger partial charge in [-0.2, -0.15) is 0 Å². The number of thiazole rings is 1. The highest BCUT2D eigenvalue weighted by Crippen LogP contribution is 2.38. The summed E-state index contributed by atoms with van der Waals surface area (Å²) < 4.78 is 0. The molecule has 0 unspecified atom stereocenters. The van der Waals surface area contributed by atoms with E-state index in [1.165, 1.54) is 29.1 Å². The van der Waals surface area contributed by atoms with E-state index in [1.54, 1.807) is 11.3 Å². The summed E-state index contributed by atoms with van der Waals surface area (Å²) in [4.78, 5) is 17.1. The fourth-order valence-electron chi connectivity index (χ4n) is 2.55. The fourth-order valence-corrected chi connectivity index (χ4v) is 3.61. The Bertz CT molecular complexity index is 450. The Labute approximate surface area is 124 Å². The maximum absolute atomic E-state index is 11.4. The molecule has 0 bridgehead atoms. The van der Waals surface area contributed by atoms with Gasteiger partial charge in [0.25, 0.3) is 0 Å². The van der Waals surface area contributed by atoms with E-state index in [-0.39, 0.29) is 0 Å². The first-order valence-electron chi connectivity index (χ1n) is 7.50. The van der Waals surface area contributed by atoms with Gasteiger partial charge in [-0.1, -0.05) is 20.3 Å². The van der Waals surface area contributed by atoms with Crippen molar-refractivity contribution in [1.82, 2.24) is 10.3 Å². The molecular weight excluding hydrogens is 272 g/mol. The van der Waals surface area contributed by atoms with E-state index < -0.39 is 11.4 Å². The average Bonchev–Trinajstić information content (AvgIpc) is 2.81. The van der Waals surface area contributed by atoms with Crippen LogP contribution in [-0.2, 0) is 11.3 Å². The Hall–Kier alpha value is -0.940. The molecular formula is C15H24N2O2S. The molecule has 1 aliphatic carbocycles. The third-order valence-electron chi connectivity index (χ3n) is 4.60. The van der Waals surface area contributed by atoms with Crippen LogP contribution in [0.15, 0.2) is 6.20 Å². The first kappa shape index (κ1) is 15.4. The van der Waals surface area contributed by atoms with E-state index in [0.717, 1.165) is 6.54 Å². The van der Waals surface area contributed by atoms with Gasteiger partial charge in [0.05, 0.1) is 10.4 Å². The van der Waals surface area contributed by atoms with Crippen molar-refractivity contribution in [3.63, 3.8) is 0 Å². The number of rotatable bonds is 8. The number of hydrogen-bond acceptors (Lipinski definition) is 4. The molecule has 4 nitrogen and oxygen atoms in total. The largest absolute Gasteiger partial charge is 0.481 e. The van der Waals surface area contributed by atoms with E-state index in [4.69, 9.17) is 0 Å². The van der Waals surface area contributed by atoms with Crippen LogP contribution in [0.3, 0.4) is 0 Å². The summed E-state index contributed by atoms with van der Waals surface area (Å²) in [6.07, 6.45) is 7.11. The van der Waals surface area contributed by atoms with Gasteiger partial charge in [0.15, 0.2) is 0 Å². The lowest BCUT2D eigenvalue weighted by atomic mass is 9.82. The molecule has 1 saturated carbocycles. The zero-order valence-electron chi connectivity index (χ0n) is 12.3. The van der Waals surface area contributed by atoms with Crippen LogP contribution in [0.5, 0.6) is 0 Å². The molecule has 1 aliphatic rings. The summed E-state index contributed by atoms with van der Waals surface area (Å²) >= 11 is 1.77. The first-order chi connectivity index (χ1) is 9.61. The van der Waals surface area contributed by atoms with Crippen LogP contribution in [-0.4, -0.2) is 22.6 Å². The molecule has 0 saturated heterocycles. The predicted molar refractivity (Wildman–Crippen MR) is 81.1 cm³/mol. The standard InChI is InChI=1S/C15H24N2O2S/c1-3-15(4-2,14(18)19)10-16-8-12-9-17-13(20-12)11-6-5-7-11/h9,11,16H,3-8,10H2,1-2H3,(H,18,19). The maximum Gasteiger partial charge on any atom is 0.310 e. The third-order valence-corrected chi connectivity index (χ3v) is 5.76. The lowest BCUT2D eigenvalue weighted by Gasteiger charge is -2.26. The molecule has 0 atom stereocenters. The zero-order chi connectivity index (χ0) is 14.6. The Morgan fingerprint density at radius 3 is 2.70 bits per heavy atom. The van der Waals surface area contributed by atoms with Gasteiger partial charge in [-0.15, -0.1) is 11.3 Å². The molecule has 5 heteroatoms. The van der Waals surface area contributed by atoms with Crippen molar-refractivity contribution in [2.45, 2.75) is 58.4 Å². The minimum atomic E-state index is -0.700. The fraction of sp³-hybridized carbons (Fsp3) is 0.733. The molecule has 0 aliphatic heterocycles. The molecule has 1 aromatic rings. The molecule has 1 heterocycles. The number of carboxylic acid groups (broad SMARTS) is 1. The van der Waals surface area contributed by atoms with Gasteiger partial charge in [0.2, 0.25) is 0 Å². The number of aromatic nitrogens is 1. The van der Waals surface area contributed by atoms with Crippen LogP contribution >= 0.6 is 11.3 Å². The van der Waals surface area contributed by atoms with Crippen molar-refractivity contribution in [3.05, 3.63) is 16.1 Å². The van der Waals surface area contributed by atoms with Gasteiger partial charge in [0, 0.05) is 30.1 Å². The van der Waals surface area contributed by atoms with Crippen LogP contribution in [0.25, 0.3) is 0 Å². The van der Waals surface area contributed by atoms with Gasteiger partial charge in [-0.3, -0.25) is 4.79 Å². The lowest BCUT2D eigenvalue weighted by Crippen LogP contribution is -2.39. The number of nitrogens with zero attached hydrogens (tertiary/aromatic N) is 1. The molecule has 2 rings (SSSR count). The lowest BCUT2D eigenvalue weighted by molar-refractivity contribution is -0.149. The summed E-state index contributed by atoms with van der Waals surface area (Å²) in [6, 6.07) is 0. The van der Waals surface area contributed by atoms with Crippen LogP contribution in [0.4, 0.5) is 0 Å². The maximum atomic E-state index is 11.4. The second-order valence-corrected chi connectivity index (χ2v) is 6.84. The van der Waals surface area contributed by atoms with E-state index in [2.05, 4.69) is 10.3 Å². The second-order valence-electron chi connectivity index (χ2n) is 5.69. The molecule has 0 amide bonds. The molecule has 20 heavy (non-hydrogen) atoms. The Balaban J connectivity index is 1.85. The number of carbonyl (C=O) groups is 1. The quantitative estimate of drug-likeness (QED) is 0.772. The van der Waals surface area contributed by atoms with Crippen molar-refractivity contribution >= 4 is 17.3 Å². The highest BCUT2D eigenvalue weighted by atomic mass is 32.1. The summed E-state index contributed by atoms with van der Waals surface area (Å²) in [7, 11) is 0.